The molecule has 10 nitrogen and oxygen atoms in total. The molecule has 0 aromatic heterocycles. The summed E-state index contributed by atoms with van der Waals surface area (Å²) >= 11 is 0. The number of aliphatic hydroxyl groups is 2. The van der Waals surface area contributed by atoms with Gasteiger partial charge >= 0.3 is 24.3 Å². The summed E-state index contributed by atoms with van der Waals surface area (Å²) in [7, 11) is 0. The monoisotopic (exact) mass is 596 g/mol. The minimum absolute atomic E-state index is 0.141. The number of carboxylic acids is 2. The normalized spacial score (nSPS) is 13.8. The van der Waals surface area contributed by atoms with Crippen LogP contribution in [0.1, 0.15) is 25.0 Å². The summed E-state index contributed by atoms with van der Waals surface area (Å²) in [6.07, 6.45) is -11.7. The predicted molar refractivity (Wildman–Crippen MR) is 129 cm³/mol. The quantitative estimate of drug-likeness (QED) is 0.207. The average molecular weight is 596 g/mol. The van der Waals surface area contributed by atoms with Crippen molar-refractivity contribution in [2.75, 3.05) is 5.32 Å². The van der Waals surface area contributed by atoms with Crippen LogP contribution in [0.25, 0.3) is 9.69 Å². The van der Waals surface area contributed by atoms with Crippen LogP contribution < -0.4 is 11.1 Å². The van der Waals surface area contributed by atoms with Crippen molar-refractivity contribution in [2.24, 2.45) is 5.73 Å². The SMILES string of the molecule is C[C@H](O)[C@@H](N)C(=O)O.[C-]#[N+]c1ccc(F)cc1C(F)(F)F.[C-]#[N+]c1ccc(N[C@@H](C(=O)O)[C@H](C)O)cc1C(F)(F)F. The van der Waals surface area contributed by atoms with Crippen LogP contribution >= 0.6 is 0 Å². The number of hydrogen-bond donors (Lipinski definition) is 6. The van der Waals surface area contributed by atoms with Gasteiger partial charge in [0.2, 0.25) is 0 Å². The summed E-state index contributed by atoms with van der Waals surface area (Å²) in [5.74, 6) is -3.58. The highest BCUT2D eigenvalue weighted by atomic mass is 19.4. The van der Waals surface area contributed by atoms with Gasteiger partial charge in [-0.25, -0.2) is 18.9 Å². The van der Waals surface area contributed by atoms with E-state index < -0.39 is 76.9 Å². The van der Waals surface area contributed by atoms with Crippen LogP contribution in [0.5, 0.6) is 0 Å². The number of hydrogen-bond acceptors (Lipinski definition) is 6. The standard InChI is InChI=1S/C12H11F3N2O3.C8H3F4N.C4H9NO3/c1-6(18)10(11(19)20)17-7-3-4-9(16-2)8(5-7)12(13,14)15;1-13-7-3-2-5(9)4-6(7)8(10,11)12;1-2(6)3(5)4(7)8/h3-6,10,17-18H,1H3,(H,19,20);2-4H;2-3,6H,5H2,1H3,(H,7,8)/t6-,10+;;2-,3+/m0.0/s1. The molecule has 0 fully saturated rings. The van der Waals surface area contributed by atoms with Crippen molar-refractivity contribution in [3.8, 4) is 0 Å². The fraction of sp³-hybridized carbons (Fsp3) is 0.333. The van der Waals surface area contributed by atoms with E-state index in [0.717, 1.165) is 24.3 Å². The molecule has 2 aromatic carbocycles. The second-order valence-corrected chi connectivity index (χ2v) is 7.92. The third-order valence-electron chi connectivity index (χ3n) is 4.68. The summed E-state index contributed by atoms with van der Waals surface area (Å²) in [5.41, 5.74) is 1.21. The summed E-state index contributed by atoms with van der Waals surface area (Å²) in [5, 5.41) is 36.9. The van der Waals surface area contributed by atoms with Gasteiger partial charge in [-0.15, -0.1) is 0 Å². The molecule has 0 unspecified atom stereocenters. The number of carboxylic acid groups (broad SMARTS) is 2. The first kappa shape index (κ1) is 36.5. The van der Waals surface area contributed by atoms with E-state index >= 15 is 0 Å². The van der Waals surface area contributed by atoms with Crippen molar-refractivity contribution in [3.63, 3.8) is 0 Å². The van der Waals surface area contributed by atoms with Crippen molar-refractivity contribution in [2.45, 2.75) is 50.5 Å². The molecule has 2 rings (SSSR count). The molecular formula is C24H23F7N4O6. The number of nitrogens with two attached hydrogens (primary N) is 1. The summed E-state index contributed by atoms with van der Waals surface area (Å²) < 4.78 is 86.9. The van der Waals surface area contributed by atoms with Crippen LogP contribution in [0.4, 0.5) is 47.8 Å². The lowest BCUT2D eigenvalue weighted by Gasteiger charge is -2.19. The van der Waals surface area contributed by atoms with E-state index in [9.17, 15) is 45.4 Å². The van der Waals surface area contributed by atoms with Crippen LogP contribution in [-0.2, 0) is 21.9 Å². The molecule has 0 aliphatic rings. The Morgan fingerprint density at radius 1 is 0.829 bits per heavy atom. The van der Waals surface area contributed by atoms with Gasteiger partial charge in [0.25, 0.3) is 0 Å². The number of aliphatic carboxylic acids is 2. The molecular weight excluding hydrogens is 573 g/mol. The van der Waals surface area contributed by atoms with Crippen molar-refractivity contribution in [1.29, 1.82) is 0 Å². The van der Waals surface area contributed by atoms with Gasteiger partial charge in [0, 0.05) is 5.69 Å². The van der Waals surface area contributed by atoms with Crippen molar-refractivity contribution < 1.29 is 60.7 Å². The molecule has 2 aromatic rings. The number of nitrogens with one attached hydrogen (secondary N) is 1. The molecule has 0 bridgehead atoms. The van der Waals surface area contributed by atoms with Crippen molar-refractivity contribution in [3.05, 3.63) is 76.2 Å². The number of anilines is 1. The van der Waals surface area contributed by atoms with Crippen molar-refractivity contribution in [1.82, 2.24) is 0 Å². The minimum Gasteiger partial charge on any atom is -0.480 e. The average Bonchev–Trinajstić information content (AvgIpc) is 2.85. The van der Waals surface area contributed by atoms with Gasteiger partial charge in [-0.05, 0) is 38.1 Å². The Balaban J connectivity index is 0.000000652. The number of nitrogens with zero attached hydrogens (tertiary/aromatic N) is 2. The summed E-state index contributed by atoms with van der Waals surface area (Å²) in [6.45, 7) is 15.7. The first-order valence-electron chi connectivity index (χ1n) is 10.8. The van der Waals surface area contributed by atoms with E-state index in [4.69, 9.17) is 34.2 Å². The van der Waals surface area contributed by atoms with Crippen LogP contribution in [0.3, 0.4) is 0 Å². The maximum Gasteiger partial charge on any atom is 0.407 e. The Hall–Kier alpha value is -4.45. The molecule has 0 aliphatic carbocycles. The minimum atomic E-state index is -4.72. The number of aliphatic hydroxyl groups excluding tert-OH is 2. The lowest BCUT2D eigenvalue weighted by Crippen LogP contribution is -2.39. The Morgan fingerprint density at radius 2 is 1.27 bits per heavy atom. The van der Waals surface area contributed by atoms with E-state index in [0.29, 0.717) is 12.1 Å². The van der Waals surface area contributed by atoms with E-state index in [1.54, 1.807) is 0 Å². The number of carbonyl (C=O) groups is 2. The third-order valence-corrected chi connectivity index (χ3v) is 4.68. The van der Waals surface area contributed by atoms with Gasteiger partial charge in [0.05, 0.1) is 36.5 Å². The van der Waals surface area contributed by atoms with Crippen LogP contribution in [0, 0.1) is 19.0 Å². The van der Waals surface area contributed by atoms with Gasteiger partial charge in [0.15, 0.2) is 17.4 Å². The van der Waals surface area contributed by atoms with Gasteiger partial charge in [-0.3, -0.25) is 4.79 Å². The number of halogens is 7. The van der Waals surface area contributed by atoms with Gasteiger partial charge in [-0.2, -0.15) is 26.3 Å². The predicted octanol–water partition coefficient (Wildman–Crippen LogP) is 4.68. The molecule has 0 heterocycles. The van der Waals surface area contributed by atoms with E-state index in [1.807, 2.05) is 0 Å². The maximum absolute atomic E-state index is 12.7. The molecule has 0 aliphatic heterocycles. The van der Waals surface area contributed by atoms with Gasteiger partial charge in [0.1, 0.15) is 11.9 Å². The Bertz CT molecular complexity index is 1290. The molecule has 0 saturated carbocycles. The van der Waals surface area contributed by atoms with Crippen LogP contribution in [0.2, 0.25) is 0 Å². The van der Waals surface area contributed by atoms with Crippen molar-refractivity contribution >= 4 is 29.0 Å². The topological polar surface area (TPSA) is 162 Å². The number of rotatable bonds is 6. The summed E-state index contributed by atoms with van der Waals surface area (Å²) in [6, 6.07) is 2.08. The molecule has 0 amide bonds. The third kappa shape index (κ3) is 12.1. The highest BCUT2D eigenvalue weighted by Gasteiger charge is 2.35. The first-order chi connectivity index (χ1) is 18.7. The fourth-order valence-electron chi connectivity index (χ4n) is 2.56. The first-order valence-corrected chi connectivity index (χ1v) is 10.8. The molecule has 224 valence electrons. The lowest BCUT2D eigenvalue weighted by atomic mass is 10.1. The maximum atomic E-state index is 12.7. The highest BCUT2D eigenvalue weighted by Crippen LogP contribution is 2.38. The Labute approximate surface area is 228 Å². The van der Waals surface area contributed by atoms with E-state index in [1.165, 1.54) is 13.8 Å². The van der Waals surface area contributed by atoms with Gasteiger partial charge < -0.3 is 31.5 Å². The second-order valence-electron chi connectivity index (χ2n) is 7.92. The van der Waals surface area contributed by atoms with E-state index in [2.05, 4.69) is 15.0 Å². The van der Waals surface area contributed by atoms with E-state index in [-0.39, 0.29) is 5.69 Å². The largest absolute Gasteiger partial charge is 0.480 e. The van der Waals surface area contributed by atoms with Crippen LogP contribution in [0.15, 0.2) is 36.4 Å². The number of benzene rings is 2. The highest BCUT2D eigenvalue weighted by molar-refractivity contribution is 5.78. The Kier molecular flexibility index (Phi) is 13.7. The zero-order chi connectivity index (χ0) is 32.3. The summed E-state index contributed by atoms with van der Waals surface area (Å²) in [4.78, 5) is 26.1. The lowest BCUT2D eigenvalue weighted by molar-refractivity contribution is -0.141. The fourth-order valence-corrected chi connectivity index (χ4v) is 2.56. The van der Waals surface area contributed by atoms with Crippen LogP contribution in [-0.4, -0.2) is 56.7 Å². The molecule has 41 heavy (non-hydrogen) atoms. The Morgan fingerprint density at radius 3 is 1.59 bits per heavy atom. The molecule has 4 atom stereocenters. The second kappa shape index (κ2) is 15.4. The molecule has 0 saturated heterocycles. The molecule has 7 N–H and O–H groups in total. The zero-order valence-corrected chi connectivity index (χ0v) is 21.0. The molecule has 17 heteroatoms. The smallest absolute Gasteiger partial charge is 0.407 e. The number of alkyl halides is 6. The molecule has 0 spiro atoms. The van der Waals surface area contributed by atoms with Gasteiger partial charge in [-0.1, -0.05) is 12.1 Å². The molecule has 0 radical (unpaired) electrons. The zero-order valence-electron chi connectivity index (χ0n) is 21.0.